The van der Waals surface area contributed by atoms with Crippen molar-refractivity contribution in [3.8, 4) is 12.3 Å². The number of hydrogen-bond acceptors (Lipinski definition) is 2. The number of terminal acetylenes is 1. The van der Waals surface area contributed by atoms with Crippen molar-refractivity contribution in [3.05, 3.63) is 0 Å². The molecule has 1 amide bonds. The minimum absolute atomic E-state index is 0.00620. The molecule has 1 fully saturated rings. The second-order valence-corrected chi connectivity index (χ2v) is 4.06. The molecule has 0 bridgehead atoms. The SMILES string of the molecule is C#CC(CC)NC(=O)CNC1CCCC1. The first-order chi connectivity index (χ1) is 7.26. The van der Waals surface area contributed by atoms with Crippen LogP contribution >= 0.6 is 0 Å². The lowest BCUT2D eigenvalue weighted by molar-refractivity contribution is -0.120. The van der Waals surface area contributed by atoms with Crippen LogP contribution in [0.5, 0.6) is 0 Å². The van der Waals surface area contributed by atoms with Crippen LogP contribution in [0, 0.1) is 12.3 Å². The minimum atomic E-state index is -0.122. The highest BCUT2D eigenvalue weighted by molar-refractivity contribution is 5.78. The van der Waals surface area contributed by atoms with Crippen LogP contribution in [0.25, 0.3) is 0 Å². The summed E-state index contributed by atoms with van der Waals surface area (Å²) in [4.78, 5) is 11.5. The molecule has 0 aliphatic heterocycles. The zero-order chi connectivity index (χ0) is 11.1. The van der Waals surface area contributed by atoms with Crippen molar-refractivity contribution in [3.63, 3.8) is 0 Å². The van der Waals surface area contributed by atoms with E-state index in [1.807, 2.05) is 6.92 Å². The van der Waals surface area contributed by atoms with E-state index < -0.39 is 0 Å². The fraction of sp³-hybridized carbons (Fsp3) is 0.750. The summed E-state index contributed by atoms with van der Waals surface area (Å²) >= 11 is 0. The van der Waals surface area contributed by atoms with Crippen molar-refractivity contribution < 1.29 is 4.79 Å². The molecule has 1 atom stereocenters. The Hall–Kier alpha value is -1.01. The summed E-state index contributed by atoms with van der Waals surface area (Å²) < 4.78 is 0. The van der Waals surface area contributed by atoms with E-state index in [4.69, 9.17) is 6.42 Å². The quantitative estimate of drug-likeness (QED) is 0.663. The molecule has 3 nitrogen and oxygen atoms in total. The third kappa shape index (κ3) is 4.35. The van der Waals surface area contributed by atoms with Gasteiger partial charge in [0.05, 0.1) is 12.6 Å². The molecule has 0 heterocycles. The van der Waals surface area contributed by atoms with E-state index in [0.29, 0.717) is 12.6 Å². The Balaban J connectivity index is 2.15. The minimum Gasteiger partial charge on any atom is -0.341 e. The van der Waals surface area contributed by atoms with E-state index in [0.717, 1.165) is 6.42 Å². The summed E-state index contributed by atoms with van der Waals surface area (Å²) in [6, 6.07) is 0.407. The Morgan fingerprint density at radius 3 is 2.73 bits per heavy atom. The molecule has 15 heavy (non-hydrogen) atoms. The van der Waals surface area contributed by atoms with Crippen LogP contribution in [-0.2, 0) is 4.79 Å². The van der Waals surface area contributed by atoms with Crippen LogP contribution in [-0.4, -0.2) is 24.5 Å². The van der Waals surface area contributed by atoms with Gasteiger partial charge in [-0.25, -0.2) is 0 Å². The van der Waals surface area contributed by atoms with Crippen molar-refractivity contribution in [1.82, 2.24) is 10.6 Å². The summed E-state index contributed by atoms with van der Waals surface area (Å²) in [6.07, 6.45) is 11.0. The van der Waals surface area contributed by atoms with Gasteiger partial charge in [-0.1, -0.05) is 25.7 Å². The Bertz CT molecular complexity index is 238. The maximum absolute atomic E-state index is 11.5. The molecule has 1 unspecified atom stereocenters. The van der Waals surface area contributed by atoms with E-state index in [9.17, 15) is 4.79 Å². The van der Waals surface area contributed by atoms with E-state index in [1.165, 1.54) is 25.7 Å². The van der Waals surface area contributed by atoms with E-state index >= 15 is 0 Å². The second-order valence-electron chi connectivity index (χ2n) is 4.06. The van der Waals surface area contributed by atoms with Crippen LogP contribution in [0.4, 0.5) is 0 Å². The average molecular weight is 208 g/mol. The molecule has 84 valence electrons. The number of carbonyl (C=O) groups excluding carboxylic acids is 1. The second kappa shape index (κ2) is 6.47. The van der Waals surface area contributed by atoms with Gasteiger partial charge in [-0.05, 0) is 19.3 Å². The molecule has 0 radical (unpaired) electrons. The van der Waals surface area contributed by atoms with Crippen LogP contribution in [0.2, 0.25) is 0 Å². The van der Waals surface area contributed by atoms with Crippen LogP contribution in [0.15, 0.2) is 0 Å². The number of hydrogen-bond donors (Lipinski definition) is 2. The van der Waals surface area contributed by atoms with Gasteiger partial charge in [0.2, 0.25) is 5.91 Å². The lowest BCUT2D eigenvalue weighted by Gasteiger charge is -2.14. The Kier molecular flexibility index (Phi) is 5.20. The predicted molar refractivity (Wildman–Crippen MR) is 61.3 cm³/mol. The Morgan fingerprint density at radius 1 is 1.53 bits per heavy atom. The maximum atomic E-state index is 11.5. The summed E-state index contributed by atoms with van der Waals surface area (Å²) in [5, 5.41) is 6.06. The molecular formula is C12H20N2O. The fourth-order valence-corrected chi connectivity index (χ4v) is 1.87. The van der Waals surface area contributed by atoms with Crippen molar-refractivity contribution in [2.45, 2.75) is 51.1 Å². The number of amides is 1. The molecular weight excluding hydrogens is 188 g/mol. The summed E-state index contributed by atoms with van der Waals surface area (Å²) in [7, 11) is 0. The highest BCUT2D eigenvalue weighted by Crippen LogP contribution is 2.17. The first kappa shape index (κ1) is 12.1. The molecule has 0 aromatic rings. The van der Waals surface area contributed by atoms with Crippen LogP contribution < -0.4 is 10.6 Å². The van der Waals surface area contributed by atoms with Gasteiger partial charge in [-0.2, -0.15) is 0 Å². The van der Waals surface area contributed by atoms with E-state index in [2.05, 4.69) is 16.6 Å². The van der Waals surface area contributed by atoms with Gasteiger partial charge < -0.3 is 10.6 Å². The van der Waals surface area contributed by atoms with E-state index in [1.54, 1.807) is 0 Å². The topological polar surface area (TPSA) is 41.1 Å². The van der Waals surface area contributed by atoms with Gasteiger partial charge in [0.15, 0.2) is 0 Å². The maximum Gasteiger partial charge on any atom is 0.234 e. The van der Waals surface area contributed by atoms with Gasteiger partial charge in [-0.3, -0.25) is 4.79 Å². The summed E-state index contributed by atoms with van der Waals surface area (Å²) in [5.74, 6) is 2.56. The van der Waals surface area contributed by atoms with Crippen LogP contribution in [0.1, 0.15) is 39.0 Å². The van der Waals surface area contributed by atoms with Gasteiger partial charge >= 0.3 is 0 Å². The van der Waals surface area contributed by atoms with Crippen molar-refractivity contribution in [2.24, 2.45) is 0 Å². The molecule has 2 N–H and O–H groups in total. The third-order valence-corrected chi connectivity index (χ3v) is 2.85. The highest BCUT2D eigenvalue weighted by Gasteiger charge is 2.15. The lowest BCUT2D eigenvalue weighted by Crippen LogP contribution is -2.41. The zero-order valence-corrected chi connectivity index (χ0v) is 9.38. The van der Waals surface area contributed by atoms with Crippen molar-refractivity contribution in [2.75, 3.05) is 6.54 Å². The number of nitrogens with one attached hydrogen (secondary N) is 2. The molecule has 1 aliphatic carbocycles. The third-order valence-electron chi connectivity index (χ3n) is 2.85. The first-order valence-electron chi connectivity index (χ1n) is 5.75. The van der Waals surface area contributed by atoms with Gasteiger partial charge in [0.1, 0.15) is 0 Å². The summed E-state index contributed by atoms with van der Waals surface area (Å²) in [5.41, 5.74) is 0. The Labute approximate surface area is 92.0 Å². The standard InChI is InChI=1S/C12H20N2O/c1-3-10(4-2)14-12(15)9-13-11-7-5-6-8-11/h1,10-11,13H,4-9H2,2H3,(H,14,15). The van der Waals surface area contributed by atoms with Gasteiger partial charge in [0, 0.05) is 6.04 Å². The molecule has 1 saturated carbocycles. The molecule has 1 aliphatic rings. The van der Waals surface area contributed by atoms with Crippen molar-refractivity contribution in [1.29, 1.82) is 0 Å². The molecule has 1 rings (SSSR count). The van der Waals surface area contributed by atoms with Gasteiger partial charge in [-0.15, -0.1) is 6.42 Å². The average Bonchev–Trinajstić information content (AvgIpc) is 2.75. The molecule has 0 saturated heterocycles. The molecule has 3 heteroatoms. The zero-order valence-electron chi connectivity index (χ0n) is 9.38. The predicted octanol–water partition coefficient (Wildman–Crippen LogP) is 1.05. The van der Waals surface area contributed by atoms with Crippen LogP contribution in [0.3, 0.4) is 0 Å². The summed E-state index contributed by atoms with van der Waals surface area (Å²) in [6.45, 7) is 2.36. The number of rotatable bonds is 5. The van der Waals surface area contributed by atoms with E-state index in [-0.39, 0.29) is 11.9 Å². The fourth-order valence-electron chi connectivity index (χ4n) is 1.87. The normalized spacial score (nSPS) is 18.4. The smallest absolute Gasteiger partial charge is 0.234 e. The van der Waals surface area contributed by atoms with Crippen molar-refractivity contribution >= 4 is 5.91 Å². The van der Waals surface area contributed by atoms with Gasteiger partial charge in [0.25, 0.3) is 0 Å². The lowest BCUT2D eigenvalue weighted by atomic mass is 10.2. The largest absolute Gasteiger partial charge is 0.341 e. The monoisotopic (exact) mass is 208 g/mol. The molecule has 0 aromatic heterocycles. The molecule has 0 spiro atoms. The highest BCUT2D eigenvalue weighted by atomic mass is 16.1. The number of carbonyl (C=O) groups is 1. The molecule has 0 aromatic carbocycles. The first-order valence-corrected chi connectivity index (χ1v) is 5.75. The Morgan fingerprint density at radius 2 is 2.20 bits per heavy atom.